The van der Waals surface area contributed by atoms with Gasteiger partial charge in [-0.2, -0.15) is 5.10 Å². The number of carboxylic acids is 1. The Balaban J connectivity index is 2.59. The molecule has 0 aliphatic carbocycles. The molecule has 1 aromatic carbocycles. The average Bonchev–Trinajstić information content (AvgIpc) is 2.54. The first kappa shape index (κ1) is 18.3. The largest absolute Gasteiger partial charge is 0.480 e. The Hall–Kier alpha value is -3.03. The molecule has 8 heteroatoms. The molecule has 1 heterocycles. The molecule has 0 aliphatic rings. The zero-order valence-electron chi connectivity index (χ0n) is 14.3. The first-order chi connectivity index (χ1) is 11.6. The Labute approximate surface area is 143 Å². The van der Waals surface area contributed by atoms with Gasteiger partial charge in [0.15, 0.2) is 5.69 Å². The van der Waals surface area contributed by atoms with Gasteiger partial charge in [-0.05, 0) is 32.9 Å². The molecular formula is C17H18FN3O4. The minimum atomic E-state index is -1.54. The highest BCUT2D eigenvalue weighted by Gasteiger charge is 2.37. The van der Waals surface area contributed by atoms with Gasteiger partial charge in [0.25, 0.3) is 5.91 Å². The summed E-state index contributed by atoms with van der Waals surface area (Å²) < 4.78 is 15.2. The number of carbonyl (C=O) groups is 2. The van der Waals surface area contributed by atoms with Crippen LogP contribution in [-0.2, 0) is 4.79 Å². The quantitative estimate of drug-likeness (QED) is 0.907. The van der Waals surface area contributed by atoms with Crippen LogP contribution in [0.5, 0.6) is 0 Å². The van der Waals surface area contributed by atoms with E-state index in [1.165, 1.54) is 39.1 Å². The van der Waals surface area contributed by atoms with Crippen LogP contribution in [0.2, 0.25) is 0 Å². The number of carbonyl (C=O) groups excluding carboxylic acids is 1. The number of aryl methyl sites for hydroxylation is 1. The summed E-state index contributed by atoms with van der Waals surface area (Å²) in [7, 11) is 1.27. The fourth-order valence-corrected chi connectivity index (χ4v) is 2.12. The molecule has 0 saturated heterocycles. The normalized spacial score (nSPS) is 11.2. The lowest BCUT2D eigenvalue weighted by molar-refractivity contribution is -0.147. The molecule has 2 aromatic rings. The van der Waals surface area contributed by atoms with Crippen molar-refractivity contribution in [3.63, 3.8) is 0 Å². The molecule has 0 radical (unpaired) electrons. The molecule has 0 spiro atoms. The maximum absolute atomic E-state index is 14.0. The summed E-state index contributed by atoms with van der Waals surface area (Å²) in [5.74, 6) is -2.66. The fraction of sp³-hybridized carbons (Fsp3) is 0.294. The monoisotopic (exact) mass is 347 g/mol. The molecule has 0 bridgehead atoms. The summed E-state index contributed by atoms with van der Waals surface area (Å²) >= 11 is 0. The summed E-state index contributed by atoms with van der Waals surface area (Å²) in [6.07, 6.45) is 0. The van der Waals surface area contributed by atoms with E-state index < -0.39 is 34.4 Å². The molecular weight excluding hydrogens is 329 g/mol. The van der Waals surface area contributed by atoms with Crippen LogP contribution in [0.25, 0.3) is 5.69 Å². The average molecular weight is 347 g/mol. The summed E-state index contributed by atoms with van der Waals surface area (Å²) in [4.78, 5) is 37.0. The van der Waals surface area contributed by atoms with E-state index in [-0.39, 0.29) is 5.69 Å². The summed E-state index contributed by atoms with van der Waals surface area (Å²) in [5.41, 5.74) is -2.27. The third-order valence-corrected chi connectivity index (χ3v) is 4.06. The van der Waals surface area contributed by atoms with Crippen LogP contribution < -0.4 is 5.43 Å². The molecule has 0 aliphatic heterocycles. The summed E-state index contributed by atoms with van der Waals surface area (Å²) in [5, 5.41) is 13.2. The van der Waals surface area contributed by atoms with Crippen molar-refractivity contribution in [2.24, 2.45) is 0 Å². The van der Waals surface area contributed by atoms with E-state index >= 15 is 0 Å². The number of benzene rings is 1. The van der Waals surface area contributed by atoms with Crippen LogP contribution in [-0.4, -0.2) is 44.3 Å². The van der Waals surface area contributed by atoms with E-state index in [2.05, 4.69) is 5.10 Å². The van der Waals surface area contributed by atoms with Gasteiger partial charge >= 0.3 is 5.97 Å². The van der Waals surface area contributed by atoms with Crippen molar-refractivity contribution >= 4 is 11.9 Å². The zero-order valence-corrected chi connectivity index (χ0v) is 14.3. The minimum Gasteiger partial charge on any atom is -0.480 e. The van der Waals surface area contributed by atoms with E-state index in [0.717, 1.165) is 15.6 Å². The zero-order chi connectivity index (χ0) is 18.9. The molecule has 2 rings (SSSR count). The van der Waals surface area contributed by atoms with Crippen LogP contribution in [0.3, 0.4) is 0 Å². The smallest absolute Gasteiger partial charge is 0.329 e. The maximum Gasteiger partial charge on any atom is 0.329 e. The Morgan fingerprint density at radius 3 is 2.44 bits per heavy atom. The number of amides is 1. The number of para-hydroxylation sites is 1. The number of nitrogens with zero attached hydrogens (tertiary/aromatic N) is 3. The minimum absolute atomic E-state index is 0.0780. The van der Waals surface area contributed by atoms with Crippen molar-refractivity contribution < 1.29 is 19.1 Å². The van der Waals surface area contributed by atoms with Crippen LogP contribution in [0.1, 0.15) is 30.0 Å². The van der Waals surface area contributed by atoms with Crippen molar-refractivity contribution in [3.8, 4) is 5.69 Å². The van der Waals surface area contributed by atoms with Crippen LogP contribution in [0.4, 0.5) is 4.39 Å². The second-order valence-electron chi connectivity index (χ2n) is 6.09. The van der Waals surface area contributed by atoms with Gasteiger partial charge in [-0.3, -0.25) is 9.59 Å². The number of halogens is 1. The lowest BCUT2D eigenvalue weighted by Crippen LogP contribution is -2.52. The lowest BCUT2D eigenvalue weighted by atomic mass is 10.0. The highest BCUT2D eigenvalue weighted by atomic mass is 19.1. The van der Waals surface area contributed by atoms with E-state index in [4.69, 9.17) is 0 Å². The summed E-state index contributed by atoms with van der Waals surface area (Å²) in [6, 6.07) is 6.95. The van der Waals surface area contributed by atoms with Crippen molar-refractivity contribution in [2.75, 3.05) is 7.05 Å². The standard InChI is InChI=1S/C17H18FN3O4/c1-10-9-13(22)14(15(23)20(4)17(2,3)16(24)25)19-21(10)12-8-6-5-7-11(12)18/h5-9H,1-4H3,(H,24,25). The fourth-order valence-electron chi connectivity index (χ4n) is 2.12. The van der Waals surface area contributed by atoms with Gasteiger partial charge in [0, 0.05) is 18.8 Å². The van der Waals surface area contributed by atoms with Crippen LogP contribution in [0.15, 0.2) is 35.1 Å². The number of hydrogen-bond acceptors (Lipinski definition) is 4. The Bertz CT molecular complexity index is 905. The Morgan fingerprint density at radius 1 is 1.28 bits per heavy atom. The highest BCUT2D eigenvalue weighted by molar-refractivity contribution is 5.95. The van der Waals surface area contributed by atoms with Crippen molar-refractivity contribution in [1.29, 1.82) is 0 Å². The molecule has 0 saturated carbocycles. The molecule has 132 valence electrons. The van der Waals surface area contributed by atoms with E-state index in [0.29, 0.717) is 5.69 Å². The second kappa shape index (κ2) is 6.46. The second-order valence-corrected chi connectivity index (χ2v) is 6.09. The number of aliphatic carboxylic acids is 1. The van der Waals surface area contributed by atoms with Crippen molar-refractivity contribution in [1.82, 2.24) is 14.7 Å². The Kier molecular flexibility index (Phi) is 4.73. The van der Waals surface area contributed by atoms with Gasteiger partial charge in [-0.25, -0.2) is 13.9 Å². The molecule has 1 N–H and O–H groups in total. The molecule has 0 atom stereocenters. The number of hydrogen-bond donors (Lipinski definition) is 1. The topological polar surface area (TPSA) is 92.5 Å². The summed E-state index contributed by atoms with van der Waals surface area (Å²) in [6.45, 7) is 4.22. The predicted molar refractivity (Wildman–Crippen MR) is 88.3 cm³/mol. The molecule has 0 unspecified atom stereocenters. The van der Waals surface area contributed by atoms with Gasteiger partial charge in [-0.15, -0.1) is 0 Å². The molecule has 25 heavy (non-hydrogen) atoms. The van der Waals surface area contributed by atoms with Crippen molar-refractivity contribution in [2.45, 2.75) is 26.3 Å². The van der Waals surface area contributed by atoms with Gasteiger partial charge in [-0.1, -0.05) is 12.1 Å². The third kappa shape index (κ3) is 3.28. The predicted octanol–water partition coefficient (Wildman–Crippen LogP) is 1.62. The molecule has 1 amide bonds. The first-order valence-corrected chi connectivity index (χ1v) is 7.44. The van der Waals surface area contributed by atoms with E-state index in [1.54, 1.807) is 13.0 Å². The number of aromatic nitrogens is 2. The molecule has 1 aromatic heterocycles. The number of likely N-dealkylation sites (N-methyl/N-ethyl adjacent to an activating group) is 1. The third-order valence-electron chi connectivity index (χ3n) is 4.06. The lowest BCUT2D eigenvalue weighted by Gasteiger charge is -2.31. The van der Waals surface area contributed by atoms with Crippen molar-refractivity contribution in [3.05, 3.63) is 57.8 Å². The molecule has 0 fully saturated rings. The SMILES string of the molecule is Cc1cc(=O)c(C(=O)N(C)C(C)(C)C(=O)O)nn1-c1ccccc1F. The first-order valence-electron chi connectivity index (χ1n) is 7.44. The van der Waals surface area contributed by atoms with E-state index in [9.17, 15) is 23.9 Å². The van der Waals surface area contributed by atoms with Gasteiger partial charge < -0.3 is 10.0 Å². The van der Waals surface area contributed by atoms with Crippen LogP contribution in [0, 0.1) is 12.7 Å². The number of carboxylic acid groups (broad SMARTS) is 1. The maximum atomic E-state index is 14.0. The van der Waals surface area contributed by atoms with Crippen LogP contribution >= 0.6 is 0 Å². The number of rotatable bonds is 4. The highest BCUT2D eigenvalue weighted by Crippen LogP contribution is 2.16. The van der Waals surface area contributed by atoms with E-state index in [1.807, 2.05) is 0 Å². The van der Waals surface area contributed by atoms with Gasteiger partial charge in [0.2, 0.25) is 5.43 Å². The van der Waals surface area contributed by atoms with Gasteiger partial charge in [0.1, 0.15) is 17.0 Å². The Morgan fingerprint density at radius 2 is 1.88 bits per heavy atom. The molecule has 7 nitrogen and oxygen atoms in total. The van der Waals surface area contributed by atoms with Gasteiger partial charge in [0.05, 0.1) is 0 Å².